The Bertz CT molecular complexity index is 392. The zero-order chi connectivity index (χ0) is 9.10. The fourth-order valence-corrected chi connectivity index (χ4v) is 1.34. The number of nitrogens with zero attached hydrogens (tertiary/aromatic N) is 2. The first kappa shape index (κ1) is 8.26. The largest absolute Gasteiger partial charge is 0.313 e. The van der Waals surface area contributed by atoms with Gasteiger partial charge in [-0.15, -0.1) is 0 Å². The molecule has 0 spiro atoms. The second-order valence-electron chi connectivity index (χ2n) is 3.01. The Morgan fingerprint density at radius 1 is 1.46 bits per heavy atom. The standard InChI is InChI=1S/C10H13N3/c1-2-11-7-9-3-4-10-12-5-6-13(10)8-9/h3-6,8,11H,2,7H2,1H3. The lowest BCUT2D eigenvalue weighted by Gasteiger charge is -2.02. The fourth-order valence-electron chi connectivity index (χ4n) is 1.34. The predicted molar refractivity (Wildman–Crippen MR) is 52.6 cm³/mol. The summed E-state index contributed by atoms with van der Waals surface area (Å²) >= 11 is 0. The fraction of sp³-hybridized carbons (Fsp3) is 0.300. The van der Waals surface area contributed by atoms with Crippen molar-refractivity contribution in [2.24, 2.45) is 0 Å². The third kappa shape index (κ3) is 1.70. The van der Waals surface area contributed by atoms with E-state index in [1.165, 1.54) is 5.56 Å². The summed E-state index contributed by atoms with van der Waals surface area (Å²) in [7, 11) is 0. The number of pyridine rings is 1. The van der Waals surface area contributed by atoms with Gasteiger partial charge in [-0.3, -0.25) is 0 Å². The molecular formula is C10H13N3. The highest BCUT2D eigenvalue weighted by Crippen LogP contribution is 2.03. The quantitative estimate of drug-likeness (QED) is 0.765. The molecular weight excluding hydrogens is 162 g/mol. The van der Waals surface area contributed by atoms with E-state index in [9.17, 15) is 0 Å². The summed E-state index contributed by atoms with van der Waals surface area (Å²) in [4.78, 5) is 4.18. The van der Waals surface area contributed by atoms with Crippen LogP contribution in [-0.2, 0) is 6.54 Å². The van der Waals surface area contributed by atoms with E-state index in [1.807, 2.05) is 22.9 Å². The normalized spacial score (nSPS) is 10.8. The summed E-state index contributed by atoms with van der Waals surface area (Å²) in [5, 5.41) is 3.29. The maximum Gasteiger partial charge on any atom is 0.136 e. The van der Waals surface area contributed by atoms with Crippen LogP contribution in [0.1, 0.15) is 12.5 Å². The number of hydrogen-bond donors (Lipinski definition) is 1. The molecule has 0 atom stereocenters. The van der Waals surface area contributed by atoms with E-state index >= 15 is 0 Å². The number of rotatable bonds is 3. The molecule has 3 nitrogen and oxygen atoms in total. The van der Waals surface area contributed by atoms with Gasteiger partial charge in [0.15, 0.2) is 0 Å². The van der Waals surface area contributed by atoms with Crippen molar-refractivity contribution in [2.75, 3.05) is 6.54 Å². The molecule has 68 valence electrons. The van der Waals surface area contributed by atoms with Gasteiger partial charge in [0, 0.05) is 25.1 Å². The molecule has 13 heavy (non-hydrogen) atoms. The highest BCUT2D eigenvalue weighted by Gasteiger charge is 1.95. The molecule has 2 heterocycles. The molecule has 0 aliphatic heterocycles. The van der Waals surface area contributed by atoms with Gasteiger partial charge >= 0.3 is 0 Å². The van der Waals surface area contributed by atoms with Gasteiger partial charge in [-0.1, -0.05) is 13.0 Å². The van der Waals surface area contributed by atoms with E-state index in [0.717, 1.165) is 18.7 Å². The van der Waals surface area contributed by atoms with Crippen molar-refractivity contribution in [3.63, 3.8) is 0 Å². The molecule has 0 amide bonds. The zero-order valence-corrected chi connectivity index (χ0v) is 7.70. The molecule has 0 bridgehead atoms. The molecule has 0 aliphatic rings. The Balaban J connectivity index is 2.26. The highest BCUT2D eigenvalue weighted by atomic mass is 15.0. The first-order chi connectivity index (χ1) is 6.40. The Labute approximate surface area is 77.4 Å². The number of nitrogens with one attached hydrogen (secondary N) is 1. The monoisotopic (exact) mass is 175 g/mol. The second kappa shape index (κ2) is 3.58. The van der Waals surface area contributed by atoms with Gasteiger partial charge in [0.05, 0.1) is 0 Å². The van der Waals surface area contributed by atoms with Gasteiger partial charge in [-0.2, -0.15) is 0 Å². The maximum absolute atomic E-state index is 4.18. The molecule has 0 radical (unpaired) electrons. The summed E-state index contributed by atoms with van der Waals surface area (Å²) in [6.07, 6.45) is 5.88. The molecule has 0 aliphatic carbocycles. The minimum atomic E-state index is 0.921. The average Bonchev–Trinajstić information content (AvgIpc) is 2.61. The van der Waals surface area contributed by atoms with Crippen LogP contribution in [0.5, 0.6) is 0 Å². The van der Waals surface area contributed by atoms with E-state index in [-0.39, 0.29) is 0 Å². The summed E-state index contributed by atoms with van der Waals surface area (Å²) < 4.78 is 2.03. The third-order valence-electron chi connectivity index (χ3n) is 2.03. The number of fused-ring (bicyclic) bond motifs is 1. The Kier molecular flexibility index (Phi) is 2.27. The summed E-state index contributed by atoms with van der Waals surface area (Å²) in [6.45, 7) is 4.03. The number of imidazole rings is 1. The maximum atomic E-state index is 4.18. The van der Waals surface area contributed by atoms with Gasteiger partial charge in [0.25, 0.3) is 0 Å². The lowest BCUT2D eigenvalue weighted by molar-refractivity contribution is 0.723. The lowest BCUT2D eigenvalue weighted by Crippen LogP contribution is -2.11. The van der Waals surface area contributed by atoms with Crippen LogP contribution < -0.4 is 5.32 Å². The summed E-state index contributed by atoms with van der Waals surface area (Å²) in [6, 6.07) is 4.14. The molecule has 3 heteroatoms. The number of aromatic nitrogens is 2. The van der Waals surface area contributed by atoms with Crippen molar-refractivity contribution in [1.29, 1.82) is 0 Å². The van der Waals surface area contributed by atoms with Gasteiger partial charge < -0.3 is 9.72 Å². The van der Waals surface area contributed by atoms with Crippen molar-refractivity contribution >= 4 is 5.65 Å². The molecule has 2 aromatic heterocycles. The van der Waals surface area contributed by atoms with Gasteiger partial charge in [0.1, 0.15) is 5.65 Å². The smallest absolute Gasteiger partial charge is 0.136 e. The third-order valence-corrected chi connectivity index (χ3v) is 2.03. The van der Waals surface area contributed by atoms with Crippen molar-refractivity contribution in [1.82, 2.24) is 14.7 Å². The van der Waals surface area contributed by atoms with E-state index < -0.39 is 0 Å². The first-order valence-electron chi connectivity index (χ1n) is 4.52. The van der Waals surface area contributed by atoms with Gasteiger partial charge in [0.2, 0.25) is 0 Å². The second-order valence-corrected chi connectivity index (χ2v) is 3.01. The molecule has 0 aromatic carbocycles. The van der Waals surface area contributed by atoms with Crippen LogP contribution in [0, 0.1) is 0 Å². The Hall–Kier alpha value is -1.35. The zero-order valence-electron chi connectivity index (χ0n) is 7.70. The van der Waals surface area contributed by atoms with Crippen LogP contribution >= 0.6 is 0 Å². The summed E-state index contributed by atoms with van der Waals surface area (Å²) in [5.74, 6) is 0. The first-order valence-corrected chi connectivity index (χ1v) is 4.52. The average molecular weight is 175 g/mol. The molecule has 1 N–H and O–H groups in total. The van der Waals surface area contributed by atoms with Crippen molar-refractivity contribution in [3.8, 4) is 0 Å². The minimum Gasteiger partial charge on any atom is -0.313 e. The van der Waals surface area contributed by atoms with E-state index in [4.69, 9.17) is 0 Å². The van der Waals surface area contributed by atoms with Crippen molar-refractivity contribution in [3.05, 3.63) is 36.3 Å². The Morgan fingerprint density at radius 3 is 3.23 bits per heavy atom. The molecule has 0 saturated heterocycles. The topological polar surface area (TPSA) is 29.3 Å². The Morgan fingerprint density at radius 2 is 2.38 bits per heavy atom. The lowest BCUT2D eigenvalue weighted by atomic mass is 10.3. The molecule has 2 aromatic rings. The highest BCUT2D eigenvalue weighted by molar-refractivity contribution is 5.39. The van der Waals surface area contributed by atoms with Crippen LogP contribution in [0.3, 0.4) is 0 Å². The van der Waals surface area contributed by atoms with E-state index in [2.05, 4.69) is 29.5 Å². The van der Waals surface area contributed by atoms with Crippen LogP contribution in [0.15, 0.2) is 30.7 Å². The molecule has 2 rings (SSSR count). The van der Waals surface area contributed by atoms with Crippen molar-refractivity contribution in [2.45, 2.75) is 13.5 Å². The van der Waals surface area contributed by atoms with Crippen molar-refractivity contribution < 1.29 is 0 Å². The van der Waals surface area contributed by atoms with Gasteiger partial charge in [-0.25, -0.2) is 4.98 Å². The van der Waals surface area contributed by atoms with E-state index in [0.29, 0.717) is 0 Å². The van der Waals surface area contributed by atoms with Crippen LogP contribution in [0.2, 0.25) is 0 Å². The molecule has 0 saturated carbocycles. The SMILES string of the molecule is CCNCc1ccc2nccn2c1. The van der Waals surface area contributed by atoms with Crippen LogP contribution in [0.4, 0.5) is 0 Å². The van der Waals surface area contributed by atoms with Crippen LogP contribution in [-0.4, -0.2) is 15.9 Å². The van der Waals surface area contributed by atoms with Crippen LogP contribution in [0.25, 0.3) is 5.65 Å². The molecule has 0 unspecified atom stereocenters. The number of hydrogen-bond acceptors (Lipinski definition) is 2. The minimum absolute atomic E-state index is 0.921. The van der Waals surface area contributed by atoms with Gasteiger partial charge in [-0.05, 0) is 18.2 Å². The summed E-state index contributed by atoms with van der Waals surface area (Å²) in [5.41, 5.74) is 2.28. The predicted octanol–water partition coefficient (Wildman–Crippen LogP) is 1.44. The molecule has 0 fully saturated rings. The van der Waals surface area contributed by atoms with E-state index in [1.54, 1.807) is 0 Å².